The van der Waals surface area contributed by atoms with Crippen LogP contribution in [0.2, 0.25) is 0 Å². The summed E-state index contributed by atoms with van der Waals surface area (Å²) >= 11 is 0. The highest BCUT2D eigenvalue weighted by Crippen LogP contribution is 2.33. The maximum atomic E-state index is 12.4. The summed E-state index contributed by atoms with van der Waals surface area (Å²) in [6, 6.07) is 22.8. The fourth-order valence-electron chi connectivity index (χ4n) is 3.65. The monoisotopic (exact) mass is 442 g/mol. The van der Waals surface area contributed by atoms with Gasteiger partial charge in [0.05, 0.1) is 12.8 Å². The highest BCUT2D eigenvalue weighted by molar-refractivity contribution is 6.02. The molecule has 168 valence electrons. The zero-order valence-corrected chi connectivity index (χ0v) is 18.5. The van der Waals surface area contributed by atoms with E-state index >= 15 is 0 Å². The van der Waals surface area contributed by atoms with Gasteiger partial charge in [0.15, 0.2) is 0 Å². The van der Waals surface area contributed by atoms with E-state index in [2.05, 4.69) is 5.32 Å². The number of methoxy groups -OCH3 is 1. The van der Waals surface area contributed by atoms with Gasteiger partial charge in [0.2, 0.25) is 11.8 Å². The predicted octanol–water partition coefficient (Wildman–Crippen LogP) is 5.05. The molecule has 0 bridgehead atoms. The molecule has 1 fully saturated rings. The summed E-state index contributed by atoms with van der Waals surface area (Å²) < 4.78 is 11.2. The minimum absolute atomic E-state index is 0.0875. The van der Waals surface area contributed by atoms with E-state index in [1.807, 2.05) is 54.6 Å². The van der Waals surface area contributed by atoms with Crippen molar-refractivity contribution in [1.82, 2.24) is 0 Å². The quantitative estimate of drug-likeness (QED) is 0.496. The molecule has 1 saturated heterocycles. The normalized spacial score (nSPS) is 13.4. The summed E-state index contributed by atoms with van der Waals surface area (Å²) in [5.41, 5.74) is 3.32. The molecule has 0 spiro atoms. The van der Waals surface area contributed by atoms with E-state index in [9.17, 15) is 9.59 Å². The van der Waals surface area contributed by atoms with Crippen molar-refractivity contribution in [1.29, 1.82) is 0 Å². The van der Waals surface area contributed by atoms with Gasteiger partial charge < -0.3 is 19.7 Å². The SMILES string of the molecule is COc1cc(NC(=O)/C=C/c2ccc(OCc3ccccc3)cc2)ccc1N1CCCC1=O. The lowest BCUT2D eigenvalue weighted by Gasteiger charge is -2.19. The topological polar surface area (TPSA) is 67.9 Å². The Morgan fingerprint density at radius 1 is 1.06 bits per heavy atom. The van der Waals surface area contributed by atoms with Crippen LogP contribution in [0, 0.1) is 0 Å². The summed E-state index contributed by atoms with van der Waals surface area (Å²) in [6.07, 6.45) is 4.60. The smallest absolute Gasteiger partial charge is 0.248 e. The largest absolute Gasteiger partial charge is 0.494 e. The molecule has 0 unspecified atom stereocenters. The van der Waals surface area contributed by atoms with Crippen molar-refractivity contribution >= 4 is 29.3 Å². The van der Waals surface area contributed by atoms with Gasteiger partial charge in [-0.1, -0.05) is 42.5 Å². The summed E-state index contributed by atoms with van der Waals surface area (Å²) in [4.78, 5) is 26.1. The Labute approximate surface area is 193 Å². The van der Waals surface area contributed by atoms with E-state index in [0.717, 1.165) is 29.0 Å². The van der Waals surface area contributed by atoms with Crippen molar-refractivity contribution in [2.24, 2.45) is 0 Å². The zero-order valence-electron chi connectivity index (χ0n) is 18.5. The van der Waals surface area contributed by atoms with Gasteiger partial charge >= 0.3 is 0 Å². The molecule has 1 aliphatic heterocycles. The Morgan fingerprint density at radius 3 is 2.55 bits per heavy atom. The standard InChI is InChI=1S/C27H26N2O4/c1-32-25-18-22(12-15-24(25)29-17-5-8-27(29)31)28-26(30)16-11-20-9-13-23(14-10-20)33-19-21-6-3-2-4-7-21/h2-4,6-7,9-16,18H,5,8,17,19H2,1H3,(H,28,30)/b16-11+. The van der Waals surface area contributed by atoms with Crippen LogP contribution in [0.4, 0.5) is 11.4 Å². The number of carbonyl (C=O) groups is 2. The number of amides is 2. The van der Waals surface area contributed by atoms with E-state index in [1.165, 1.54) is 6.08 Å². The molecule has 3 aromatic carbocycles. The van der Waals surface area contributed by atoms with E-state index in [4.69, 9.17) is 9.47 Å². The number of hydrogen-bond donors (Lipinski definition) is 1. The molecular weight excluding hydrogens is 416 g/mol. The second-order valence-electron chi connectivity index (χ2n) is 7.70. The number of anilines is 2. The van der Waals surface area contributed by atoms with Gasteiger partial charge in [-0.25, -0.2) is 0 Å². The maximum absolute atomic E-state index is 12.4. The number of rotatable bonds is 8. The van der Waals surface area contributed by atoms with Crippen LogP contribution in [0.25, 0.3) is 6.08 Å². The van der Waals surface area contributed by atoms with Gasteiger partial charge in [-0.15, -0.1) is 0 Å². The molecule has 6 heteroatoms. The van der Waals surface area contributed by atoms with Crippen LogP contribution < -0.4 is 19.7 Å². The summed E-state index contributed by atoms with van der Waals surface area (Å²) in [6.45, 7) is 1.19. The molecule has 0 radical (unpaired) electrons. The number of hydrogen-bond acceptors (Lipinski definition) is 4. The van der Waals surface area contributed by atoms with Gasteiger partial charge in [0, 0.05) is 30.8 Å². The van der Waals surface area contributed by atoms with Crippen LogP contribution >= 0.6 is 0 Å². The van der Waals surface area contributed by atoms with E-state index in [-0.39, 0.29) is 11.8 Å². The van der Waals surface area contributed by atoms with Gasteiger partial charge in [0.1, 0.15) is 18.1 Å². The highest BCUT2D eigenvalue weighted by Gasteiger charge is 2.24. The first-order valence-corrected chi connectivity index (χ1v) is 10.9. The lowest BCUT2D eigenvalue weighted by Crippen LogP contribution is -2.24. The maximum Gasteiger partial charge on any atom is 0.248 e. The molecule has 1 N–H and O–H groups in total. The molecule has 0 saturated carbocycles. The molecule has 1 heterocycles. The van der Waals surface area contributed by atoms with Crippen molar-refractivity contribution in [3.05, 3.63) is 90.0 Å². The van der Waals surface area contributed by atoms with Gasteiger partial charge in [0.25, 0.3) is 0 Å². The molecule has 3 aromatic rings. The van der Waals surface area contributed by atoms with Crippen LogP contribution in [0.15, 0.2) is 78.9 Å². The highest BCUT2D eigenvalue weighted by atomic mass is 16.5. The first kappa shape index (κ1) is 22.1. The van der Waals surface area contributed by atoms with E-state index in [1.54, 1.807) is 36.3 Å². The van der Waals surface area contributed by atoms with Crippen LogP contribution in [0.1, 0.15) is 24.0 Å². The number of carbonyl (C=O) groups excluding carboxylic acids is 2. The number of nitrogens with one attached hydrogen (secondary N) is 1. The third-order valence-electron chi connectivity index (χ3n) is 5.37. The number of ether oxygens (including phenoxy) is 2. The summed E-state index contributed by atoms with van der Waals surface area (Å²) in [5, 5.41) is 2.83. The second kappa shape index (κ2) is 10.5. The molecule has 6 nitrogen and oxygen atoms in total. The minimum atomic E-state index is -0.258. The Balaban J connectivity index is 1.33. The van der Waals surface area contributed by atoms with Crippen molar-refractivity contribution in [3.63, 3.8) is 0 Å². The van der Waals surface area contributed by atoms with E-state index < -0.39 is 0 Å². The van der Waals surface area contributed by atoms with Gasteiger partial charge in [-0.05, 0) is 47.9 Å². The molecule has 0 aromatic heterocycles. The molecular formula is C27H26N2O4. The van der Waals surface area contributed by atoms with Crippen LogP contribution in [0.5, 0.6) is 11.5 Å². The Morgan fingerprint density at radius 2 is 1.85 bits per heavy atom. The third kappa shape index (κ3) is 5.80. The lowest BCUT2D eigenvalue weighted by molar-refractivity contribution is -0.117. The van der Waals surface area contributed by atoms with Crippen LogP contribution in [-0.2, 0) is 16.2 Å². The van der Waals surface area contributed by atoms with Crippen molar-refractivity contribution in [2.45, 2.75) is 19.4 Å². The molecule has 0 atom stereocenters. The Kier molecular flexibility index (Phi) is 7.05. The zero-order chi connectivity index (χ0) is 23.0. The third-order valence-corrected chi connectivity index (χ3v) is 5.37. The molecule has 4 rings (SSSR count). The van der Waals surface area contributed by atoms with Crippen LogP contribution in [0.3, 0.4) is 0 Å². The molecule has 1 aliphatic rings. The Bertz CT molecular complexity index is 1140. The number of nitrogens with zero attached hydrogens (tertiary/aromatic N) is 1. The second-order valence-corrected chi connectivity index (χ2v) is 7.70. The summed E-state index contributed by atoms with van der Waals surface area (Å²) in [7, 11) is 1.55. The van der Waals surface area contributed by atoms with Crippen molar-refractivity contribution in [3.8, 4) is 11.5 Å². The van der Waals surface area contributed by atoms with Gasteiger partial charge in [-0.3, -0.25) is 9.59 Å². The van der Waals surface area contributed by atoms with Gasteiger partial charge in [-0.2, -0.15) is 0 Å². The molecule has 33 heavy (non-hydrogen) atoms. The minimum Gasteiger partial charge on any atom is -0.494 e. The average Bonchev–Trinajstić information content (AvgIpc) is 3.28. The van der Waals surface area contributed by atoms with Crippen molar-refractivity contribution in [2.75, 3.05) is 23.9 Å². The molecule has 2 amide bonds. The molecule has 0 aliphatic carbocycles. The number of benzene rings is 3. The fraction of sp³-hybridized carbons (Fsp3) is 0.185. The first-order chi connectivity index (χ1) is 16.1. The first-order valence-electron chi connectivity index (χ1n) is 10.9. The van der Waals surface area contributed by atoms with E-state index in [0.29, 0.717) is 31.0 Å². The Hall–Kier alpha value is -4.06. The van der Waals surface area contributed by atoms with Crippen molar-refractivity contribution < 1.29 is 19.1 Å². The predicted molar refractivity (Wildman–Crippen MR) is 129 cm³/mol. The summed E-state index contributed by atoms with van der Waals surface area (Å²) in [5.74, 6) is 1.15. The average molecular weight is 443 g/mol. The lowest BCUT2D eigenvalue weighted by atomic mass is 10.2. The fourth-order valence-corrected chi connectivity index (χ4v) is 3.65. The van der Waals surface area contributed by atoms with Crippen LogP contribution in [-0.4, -0.2) is 25.5 Å².